The van der Waals surface area contributed by atoms with Crippen LogP contribution >= 0.6 is 0 Å². The number of guanidine groups is 1. The normalized spacial score (nSPS) is 12.0. The minimum atomic E-state index is -4.62. The van der Waals surface area contributed by atoms with Gasteiger partial charge >= 0.3 is 6.18 Å². The second kappa shape index (κ2) is 17.3. The predicted molar refractivity (Wildman–Crippen MR) is 165 cm³/mol. The highest BCUT2D eigenvalue weighted by atomic mass is 19.4. The van der Waals surface area contributed by atoms with E-state index in [0.29, 0.717) is 36.5 Å². The van der Waals surface area contributed by atoms with E-state index in [1.165, 1.54) is 12.1 Å². The fourth-order valence-corrected chi connectivity index (χ4v) is 3.69. The monoisotopic (exact) mass is 612 g/mol. The van der Waals surface area contributed by atoms with Gasteiger partial charge in [-0.25, -0.2) is 4.99 Å². The van der Waals surface area contributed by atoms with Crippen molar-refractivity contribution >= 4 is 29.1 Å². The SMILES string of the molecule is C=C(NC(=NC(C)=NCCOCCOCCNC(=O)c1ccccc1C(F)(F)F)Nc1ccc(O)cc1)Nc1ccccc1. The quantitative estimate of drug-likeness (QED) is 0.0730. The molecule has 0 radical (unpaired) electrons. The van der Waals surface area contributed by atoms with Crippen LogP contribution in [0.4, 0.5) is 24.5 Å². The smallest absolute Gasteiger partial charge is 0.417 e. The van der Waals surface area contributed by atoms with E-state index in [4.69, 9.17) is 9.47 Å². The lowest BCUT2D eigenvalue weighted by Crippen LogP contribution is -2.33. The Morgan fingerprint density at radius 1 is 0.864 bits per heavy atom. The summed E-state index contributed by atoms with van der Waals surface area (Å²) in [5.41, 5.74) is 0.110. The third-order valence-electron chi connectivity index (χ3n) is 5.70. The number of hydrogen-bond donors (Lipinski definition) is 5. The largest absolute Gasteiger partial charge is 0.508 e. The molecule has 0 atom stereocenters. The number of phenolic OH excluding ortho intramolecular Hbond substituents is 1. The summed E-state index contributed by atoms with van der Waals surface area (Å²) in [7, 11) is 0. The molecule has 0 aromatic heterocycles. The standard InChI is InChI=1S/C31H35F3N6O4/c1-22(38-30(40-25-12-14-26(41)15-13-25)39-23(2)37-24-8-4-3-5-9-24)35-16-18-43-20-21-44-19-17-36-29(42)27-10-6-7-11-28(27)31(32,33)34/h3-15,37,41H,2,16-21H2,1H3,(H,36,42)(H2,35,38,39,40). The lowest BCUT2D eigenvalue weighted by molar-refractivity contribution is -0.137. The Labute approximate surface area is 253 Å². The van der Waals surface area contributed by atoms with Gasteiger partial charge in [-0.15, -0.1) is 0 Å². The Hall–Kier alpha value is -4.88. The summed E-state index contributed by atoms with van der Waals surface area (Å²) in [4.78, 5) is 21.0. The Morgan fingerprint density at radius 3 is 2.20 bits per heavy atom. The number of amidine groups is 1. The van der Waals surface area contributed by atoms with Gasteiger partial charge < -0.3 is 35.8 Å². The highest BCUT2D eigenvalue weighted by Gasteiger charge is 2.34. The highest BCUT2D eigenvalue weighted by Crippen LogP contribution is 2.31. The van der Waals surface area contributed by atoms with Gasteiger partial charge in [0.15, 0.2) is 0 Å². The van der Waals surface area contributed by atoms with Gasteiger partial charge in [-0.3, -0.25) is 9.79 Å². The number of phenols is 1. The molecule has 3 aromatic rings. The van der Waals surface area contributed by atoms with Gasteiger partial charge in [0.1, 0.15) is 17.4 Å². The highest BCUT2D eigenvalue weighted by molar-refractivity contribution is 6.02. The van der Waals surface area contributed by atoms with Crippen LogP contribution in [0.1, 0.15) is 22.8 Å². The molecule has 10 nitrogen and oxygen atoms in total. The summed E-state index contributed by atoms with van der Waals surface area (Å²) < 4.78 is 50.1. The average molecular weight is 613 g/mol. The summed E-state index contributed by atoms with van der Waals surface area (Å²) in [5, 5.41) is 21.4. The number of amides is 1. The first kappa shape index (κ1) is 33.6. The summed E-state index contributed by atoms with van der Waals surface area (Å²) in [6.07, 6.45) is -4.62. The van der Waals surface area contributed by atoms with Gasteiger partial charge in [0.25, 0.3) is 5.91 Å². The van der Waals surface area contributed by atoms with Crippen molar-refractivity contribution in [3.05, 3.63) is 102 Å². The number of benzene rings is 3. The number of carbonyl (C=O) groups excluding carboxylic acids is 1. The number of ether oxygens (including phenoxy) is 2. The fourth-order valence-electron chi connectivity index (χ4n) is 3.69. The molecule has 0 heterocycles. The van der Waals surface area contributed by atoms with Crippen molar-refractivity contribution in [2.75, 3.05) is 50.2 Å². The molecular weight excluding hydrogens is 577 g/mol. The molecule has 0 aliphatic carbocycles. The van der Waals surface area contributed by atoms with Crippen molar-refractivity contribution < 1.29 is 32.5 Å². The molecule has 3 rings (SSSR count). The number of hydrogen-bond acceptors (Lipinski definition) is 6. The minimum absolute atomic E-state index is 0.0500. The van der Waals surface area contributed by atoms with Crippen molar-refractivity contribution in [2.24, 2.45) is 9.98 Å². The van der Waals surface area contributed by atoms with Crippen LogP contribution in [-0.4, -0.2) is 62.3 Å². The third-order valence-corrected chi connectivity index (χ3v) is 5.70. The van der Waals surface area contributed by atoms with E-state index in [2.05, 4.69) is 37.8 Å². The molecule has 44 heavy (non-hydrogen) atoms. The molecule has 13 heteroatoms. The maximum Gasteiger partial charge on any atom is 0.417 e. The molecule has 0 aliphatic heterocycles. The molecule has 0 fully saturated rings. The van der Waals surface area contributed by atoms with E-state index in [1.807, 2.05) is 30.3 Å². The topological polar surface area (TPSA) is 129 Å². The Kier molecular flexibility index (Phi) is 13.2. The van der Waals surface area contributed by atoms with Crippen LogP contribution in [0, 0.1) is 0 Å². The van der Waals surface area contributed by atoms with Gasteiger partial charge in [0.2, 0.25) is 5.96 Å². The van der Waals surface area contributed by atoms with Gasteiger partial charge in [0.05, 0.1) is 44.1 Å². The number of para-hydroxylation sites is 1. The number of alkyl halides is 3. The molecule has 0 saturated heterocycles. The van der Waals surface area contributed by atoms with E-state index in [9.17, 15) is 23.1 Å². The van der Waals surface area contributed by atoms with E-state index < -0.39 is 23.2 Å². The van der Waals surface area contributed by atoms with Crippen molar-refractivity contribution in [3.8, 4) is 5.75 Å². The number of nitrogens with zero attached hydrogens (tertiary/aromatic N) is 2. The third kappa shape index (κ3) is 12.2. The zero-order valence-corrected chi connectivity index (χ0v) is 24.2. The van der Waals surface area contributed by atoms with Crippen molar-refractivity contribution in [1.29, 1.82) is 0 Å². The molecule has 234 valence electrons. The number of rotatable bonds is 14. The maximum atomic E-state index is 13.1. The molecule has 0 unspecified atom stereocenters. The van der Waals surface area contributed by atoms with Crippen molar-refractivity contribution in [2.45, 2.75) is 13.1 Å². The predicted octanol–water partition coefficient (Wildman–Crippen LogP) is 5.23. The van der Waals surface area contributed by atoms with Gasteiger partial charge in [-0.05, 0) is 55.5 Å². The number of aliphatic imine (C=N–C) groups is 2. The molecular formula is C31H35F3N6O4. The lowest BCUT2D eigenvalue weighted by Gasteiger charge is -2.16. The van der Waals surface area contributed by atoms with E-state index in [0.717, 1.165) is 17.8 Å². The van der Waals surface area contributed by atoms with Crippen LogP contribution in [-0.2, 0) is 15.7 Å². The number of anilines is 2. The summed E-state index contributed by atoms with van der Waals surface area (Å²) in [6.45, 7) is 7.03. The molecule has 0 saturated carbocycles. The zero-order valence-electron chi connectivity index (χ0n) is 24.2. The van der Waals surface area contributed by atoms with Gasteiger partial charge in [-0.2, -0.15) is 13.2 Å². The van der Waals surface area contributed by atoms with Crippen LogP contribution in [0.15, 0.2) is 101 Å². The lowest BCUT2D eigenvalue weighted by atomic mass is 10.1. The van der Waals surface area contributed by atoms with E-state index in [-0.39, 0.29) is 32.1 Å². The zero-order chi connectivity index (χ0) is 31.8. The number of aromatic hydroxyl groups is 1. The van der Waals surface area contributed by atoms with Crippen LogP contribution in [0.2, 0.25) is 0 Å². The van der Waals surface area contributed by atoms with Crippen LogP contribution < -0.4 is 21.3 Å². The van der Waals surface area contributed by atoms with Crippen LogP contribution in [0.3, 0.4) is 0 Å². The number of nitrogens with one attached hydrogen (secondary N) is 4. The summed E-state index contributed by atoms with van der Waals surface area (Å²) in [5.74, 6) is 0.617. The molecule has 3 aromatic carbocycles. The van der Waals surface area contributed by atoms with Gasteiger partial charge in [0, 0.05) is 17.9 Å². The summed E-state index contributed by atoms with van der Waals surface area (Å²) in [6, 6.07) is 20.6. The Bertz CT molecular complexity index is 1410. The molecule has 1 amide bonds. The number of halogens is 3. The molecule has 0 spiro atoms. The van der Waals surface area contributed by atoms with Crippen molar-refractivity contribution in [1.82, 2.24) is 10.6 Å². The first-order valence-corrected chi connectivity index (χ1v) is 13.7. The second-order valence-electron chi connectivity index (χ2n) is 9.18. The molecule has 5 N–H and O–H groups in total. The Balaban J connectivity index is 1.38. The first-order valence-electron chi connectivity index (χ1n) is 13.7. The van der Waals surface area contributed by atoms with Crippen LogP contribution in [0.5, 0.6) is 5.75 Å². The average Bonchev–Trinajstić information content (AvgIpc) is 2.99. The summed E-state index contributed by atoms with van der Waals surface area (Å²) >= 11 is 0. The van der Waals surface area contributed by atoms with Crippen molar-refractivity contribution in [3.63, 3.8) is 0 Å². The Morgan fingerprint density at radius 2 is 1.50 bits per heavy atom. The van der Waals surface area contributed by atoms with E-state index >= 15 is 0 Å². The maximum absolute atomic E-state index is 13.1. The first-order chi connectivity index (χ1) is 21.1. The number of carbonyl (C=O) groups is 1. The molecule has 0 aliphatic rings. The van der Waals surface area contributed by atoms with Crippen LogP contribution in [0.25, 0.3) is 0 Å². The molecule has 0 bridgehead atoms. The van der Waals surface area contributed by atoms with E-state index in [1.54, 1.807) is 31.2 Å². The fraction of sp³-hybridized carbons (Fsp3) is 0.258. The van der Waals surface area contributed by atoms with Gasteiger partial charge in [-0.1, -0.05) is 36.9 Å². The second-order valence-corrected chi connectivity index (χ2v) is 9.18. The minimum Gasteiger partial charge on any atom is -0.508 e.